The summed E-state index contributed by atoms with van der Waals surface area (Å²) in [6.45, 7) is 3.05. The van der Waals surface area contributed by atoms with Crippen molar-refractivity contribution in [2.45, 2.75) is 88.2 Å². The molecular weight excluding hydrogens is 518 g/mol. The van der Waals surface area contributed by atoms with Crippen LogP contribution in [0.1, 0.15) is 57.6 Å². The minimum atomic E-state index is -1.19. The van der Waals surface area contributed by atoms with Gasteiger partial charge < -0.3 is 40.0 Å². The second kappa shape index (κ2) is 10.4. The van der Waals surface area contributed by atoms with Crippen LogP contribution in [-0.2, 0) is 35.7 Å². The highest BCUT2D eigenvalue weighted by molar-refractivity contribution is 5.83. The molecule has 0 unspecified atom stereocenters. The number of benzene rings is 1. The summed E-state index contributed by atoms with van der Waals surface area (Å²) in [4.78, 5) is 39.6. The lowest BCUT2D eigenvalue weighted by Gasteiger charge is -2.61. The molecule has 11 heteroatoms. The number of hydrogen-bond donors (Lipinski definition) is 4. The van der Waals surface area contributed by atoms with Crippen LogP contribution in [0.5, 0.6) is 11.5 Å². The molecule has 5 aliphatic rings. The van der Waals surface area contributed by atoms with Crippen LogP contribution in [0.4, 0.5) is 0 Å². The number of nitrogens with zero attached hydrogens (tertiary/aromatic N) is 1. The number of carbonyl (C=O) groups is 3. The summed E-state index contributed by atoms with van der Waals surface area (Å²) in [6, 6.07) is 3.10. The first kappa shape index (κ1) is 28.4. The summed E-state index contributed by atoms with van der Waals surface area (Å²) in [5.41, 5.74) is -0.224. The van der Waals surface area contributed by atoms with Crippen LogP contribution in [0.3, 0.4) is 0 Å². The maximum Gasteiger partial charge on any atom is 0.352 e. The zero-order valence-corrected chi connectivity index (χ0v) is 22.2. The van der Waals surface area contributed by atoms with Crippen molar-refractivity contribution < 1.29 is 38.8 Å². The molecule has 6 rings (SSSR count). The zero-order chi connectivity index (χ0) is 27.5. The third-order valence-electron chi connectivity index (χ3n) is 9.22. The number of amides is 1. The molecule has 6 atom stereocenters. The molecule has 218 valence electrons. The van der Waals surface area contributed by atoms with Crippen LogP contribution >= 0.6 is 0 Å². The van der Waals surface area contributed by atoms with Gasteiger partial charge in [-0.1, -0.05) is 13.5 Å². The van der Waals surface area contributed by atoms with Gasteiger partial charge in [-0.05, 0) is 70.5 Å². The van der Waals surface area contributed by atoms with Gasteiger partial charge in [0.1, 0.15) is 5.76 Å². The van der Waals surface area contributed by atoms with Gasteiger partial charge in [-0.3, -0.25) is 9.59 Å². The minimum Gasteiger partial charge on any atom is -0.504 e. The van der Waals surface area contributed by atoms with E-state index >= 15 is 0 Å². The Kier molecular flexibility index (Phi) is 7.35. The summed E-state index contributed by atoms with van der Waals surface area (Å²) in [5.74, 6) is -0.982. The number of aromatic hydroxyl groups is 1. The van der Waals surface area contributed by atoms with Crippen molar-refractivity contribution in [1.82, 2.24) is 15.5 Å². The quantitative estimate of drug-likeness (QED) is 0.359. The molecule has 1 amide bonds. The van der Waals surface area contributed by atoms with E-state index in [4.69, 9.17) is 14.2 Å². The maximum atomic E-state index is 13.0. The van der Waals surface area contributed by atoms with Crippen molar-refractivity contribution in [3.63, 3.8) is 0 Å². The van der Waals surface area contributed by atoms with E-state index in [9.17, 15) is 24.6 Å². The van der Waals surface area contributed by atoms with E-state index in [0.29, 0.717) is 25.1 Å². The predicted molar refractivity (Wildman–Crippen MR) is 144 cm³/mol. The minimum absolute atomic E-state index is 0. The van der Waals surface area contributed by atoms with Crippen LogP contribution in [0.15, 0.2) is 24.0 Å². The van der Waals surface area contributed by atoms with Crippen LogP contribution < -0.4 is 15.4 Å². The van der Waals surface area contributed by atoms with Crippen LogP contribution in [0.25, 0.3) is 0 Å². The van der Waals surface area contributed by atoms with Gasteiger partial charge in [0.25, 0.3) is 0 Å². The summed E-state index contributed by atoms with van der Waals surface area (Å²) in [7, 11) is 2.00. The van der Waals surface area contributed by atoms with Crippen molar-refractivity contribution in [1.29, 1.82) is 0 Å². The van der Waals surface area contributed by atoms with E-state index in [1.807, 2.05) is 13.1 Å². The third-order valence-corrected chi connectivity index (χ3v) is 9.22. The van der Waals surface area contributed by atoms with Gasteiger partial charge in [0.2, 0.25) is 5.91 Å². The molecule has 2 saturated heterocycles. The number of likely N-dealkylation sites (N-methyl/N-ethyl adjacent to an activating group) is 1. The number of phenolic OH excluding ortho intramolecular Hbond substituents is 1. The Morgan fingerprint density at radius 2 is 2.12 bits per heavy atom. The molecule has 11 nitrogen and oxygen atoms in total. The SMILES string of the molecule is C.C[C@H](OC(=O)CCNC(=O)[C@@H]1CCCN1)C(=O)OC1=CC[C@@]2(O)[C@H]3Cc4ccc(O)c5c4[C@@]2(CCN3C)[C@H]1O5. The first-order chi connectivity index (χ1) is 18.7. The average molecular weight is 558 g/mol. The number of ether oxygens (including phenoxy) is 3. The maximum absolute atomic E-state index is 13.0. The molecule has 1 aromatic carbocycles. The Balaban J connectivity index is 0.00000323. The fourth-order valence-corrected chi connectivity index (χ4v) is 7.26. The van der Waals surface area contributed by atoms with Gasteiger partial charge >= 0.3 is 11.9 Å². The lowest BCUT2D eigenvalue weighted by molar-refractivity contribution is -0.175. The van der Waals surface area contributed by atoms with E-state index in [1.54, 1.807) is 12.1 Å². The Morgan fingerprint density at radius 1 is 1.32 bits per heavy atom. The fourth-order valence-electron chi connectivity index (χ4n) is 7.26. The number of esters is 2. The van der Waals surface area contributed by atoms with E-state index in [2.05, 4.69) is 15.5 Å². The third kappa shape index (κ3) is 4.17. The first-order valence-electron chi connectivity index (χ1n) is 13.7. The molecule has 4 N–H and O–H groups in total. The van der Waals surface area contributed by atoms with E-state index in [-0.39, 0.29) is 56.3 Å². The van der Waals surface area contributed by atoms with Crippen LogP contribution in [0, 0.1) is 0 Å². The number of rotatable bonds is 7. The number of carbonyl (C=O) groups excluding carboxylic acids is 3. The number of piperidine rings is 1. The first-order valence-corrected chi connectivity index (χ1v) is 13.7. The largest absolute Gasteiger partial charge is 0.504 e. The van der Waals surface area contributed by atoms with Crippen LogP contribution in [-0.4, -0.2) is 89.5 Å². The van der Waals surface area contributed by atoms with Gasteiger partial charge in [-0.2, -0.15) is 0 Å². The normalized spacial score (nSPS) is 32.1. The van der Waals surface area contributed by atoms with Crippen molar-refractivity contribution in [3.8, 4) is 11.5 Å². The zero-order valence-electron chi connectivity index (χ0n) is 22.2. The molecule has 0 radical (unpaired) electrons. The molecule has 2 bridgehead atoms. The monoisotopic (exact) mass is 557 g/mol. The lowest BCUT2D eigenvalue weighted by atomic mass is 9.50. The highest BCUT2D eigenvalue weighted by atomic mass is 16.6. The highest BCUT2D eigenvalue weighted by Gasteiger charge is 2.72. The van der Waals surface area contributed by atoms with Crippen molar-refractivity contribution in [2.75, 3.05) is 26.7 Å². The number of phenols is 1. The Hall–Kier alpha value is -3.15. The van der Waals surface area contributed by atoms with Gasteiger partial charge in [0.05, 0.1) is 23.5 Å². The van der Waals surface area contributed by atoms with Gasteiger partial charge in [0, 0.05) is 24.6 Å². The molecule has 1 spiro atoms. The van der Waals surface area contributed by atoms with E-state index in [1.165, 1.54) is 6.92 Å². The molecule has 2 fully saturated rings. The van der Waals surface area contributed by atoms with Crippen molar-refractivity contribution in [3.05, 3.63) is 35.1 Å². The van der Waals surface area contributed by atoms with Gasteiger partial charge in [-0.25, -0.2) is 4.79 Å². The number of likely N-dealkylation sites (tertiary alicyclic amines) is 1. The summed E-state index contributed by atoms with van der Waals surface area (Å²) < 4.78 is 17.3. The van der Waals surface area contributed by atoms with Gasteiger partial charge in [-0.15, -0.1) is 0 Å². The fraction of sp³-hybridized carbons (Fsp3) is 0.621. The smallest absolute Gasteiger partial charge is 0.352 e. The second-order valence-electron chi connectivity index (χ2n) is 11.3. The molecule has 0 saturated carbocycles. The van der Waals surface area contributed by atoms with Crippen LogP contribution in [0.2, 0.25) is 0 Å². The Labute approximate surface area is 233 Å². The molecule has 1 aromatic rings. The van der Waals surface area contributed by atoms with Gasteiger partial charge in [0.15, 0.2) is 23.7 Å². The molecular formula is C29H39N3O8. The number of aliphatic hydroxyl groups is 1. The van der Waals surface area contributed by atoms with E-state index < -0.39 is 35.2 Å². The lowest BCUT2D eigenvalue weighted by Crippen LogP contribution is -2.74. The van der Waals surface area contributed by atoms with E-state index in [0.717, 1.165) is 30.5 Å². The topological polar surface area (TPSA) is 147 Å². The number of hydrogen-bond acceptors (Lipinski definition) is 10. The molecule has 2 aliphatic carbocycles. The van der Waals surface area contributed by atoms with Crippen molar-refractivity contribution in [2.24, 2.45) is 0 Å². The molecule has 40 heavy (non-hydrogen) atoms. The number of nitrogens with one attached hydrogen (secondary N) is 2. The Morgan fingerprint density at radius 3 is 2.88 bits per heavy atom. The summed E-state index contributed by atoms with van der Waals surface area (Å²) in [6.07, 6.45) is 2.76. The summed E-state index contributed by atoms with van der Waals surface area (Å²) >= 11 is 0. The highest BCUT2D eigenvalue weighted by Crippen LogP contribution is 2.65. The summed E-state index contributed by atoms with van der Waals surface area (Å²) in [5, 5.41) is 28.6. The van der Waals surface area contributed by atoms with Crippen molar-refractivity contribution >= 4 is 17.8 Å². The predicted octanol–water partition coefficient (Wildman–Crippen LogP) is 1.04. The molecule has 0 aromatic heterocycles. The average Bonchev–Trinajstić information content (AvgIpc) is 3.56. The second-order valence-corrected chi connectivity index (χ2v) is 11.3. The standard InChI is InChI=1S/C28H35N3O8.CH4/c1-15(37-21(33)8-12-30-25(34)17-4-3-11-29-17)26(35)38-19-7-9-28(36)20-14-16-5-6-18(32)23-22(16)27(28,24(19)39-23)10-13-31(20)2;/h5-7,15,17,20,24,29,32,36H,3-4,8-14H2,1-2H3,(H,30,34);1H4/t15-,17-,20+,24-,27-,28+;/m0./s1. The molecule has 3 aliphatic heterocycles. The Bertz CT molecular complexity index is 1240. The molecule has 3 heterocycles.